The minimum absolute atomic E-state index is 0.116. The minimum atomic E-state index is 0.116. The molecule has 14 heavy (non-hydrogen) atoms. The van der Waals surface area contributed by atoms with Gasteiger partial charge in [0.25, 0.3) is 0 Å². The lowest BCUT2D eigenvalue weighted by Gasteiger charge is -2.14. The van der Waals surface area contributed by atoms with Crippen LogP contribution in [0, 0.1) is 0 Å². The van der Waals surface area contributed by atoms with E-state index >= 15 is 0 Å². The summed E-state index contributed by atoms with van der Waals surface area (Å²) in [6, 6.07) is 3.22. The van der Waals surface area contributed by atoms with Gasteiger partial charge in [-0.2, -0.15) is 0 Å². The van der Waals surface area contributed by atoms with Gasteiger partial charge in [-0.15, -0.1) is 0 Å². The molecule has 1 aromatic rings. The molecule has 0 N–H and O–H groups in total. The van der Waals surface area contributed by atoms with E-state index in [1.54, 1.807) is 12.1 Å². The van der Waals surface area contributed by atoms with Crippen molar-refractivity contribution in [2.75, 3.05) is 0 Å². The molecule has 0 aliphatic rings. The average molecular weight is 254 g/mol. The van der Waals surface area contributed by atoms with E-state index in [4.69, 9.17) is 39.5 Å². The molecule has 0 saturated carbocycles. The summed E-state index contributed by atoms with van der Waals surface area (Å²) in [5.74, 6) is 0.579. The SMILES string of the molecule is CCC(C)Oc1cc(Cl)c(Cl)cc1Cl. The molecule has 1 unspecified atom stereocenters. The maximum absolute atomic E-state index is 5.93. The first kappa shape index (κ1) is 12.0. The molecule has 0 aliphatic heterocycles. The predicted octanol–water partition coefficient (Wildman–Crippen LogP) is 4.82. The first-order chi connectivity index (χ1) is 6.54. The van der Waals surface area contributed by atoms with Crippen molar-refractivity contribution >= 4 is 34.8 Å². The largest absolute Gasteiger partial charge is 0.489 e. The highest BCUT2D eigenvalue weighted by Crippen LogP contribution is 2.34. The molecule has 4 heteroatoms. The monoisotopic (exact) mass is 252 g/mol. The van der Waals surface area contributed by atoms with Crippen molar-refractivity contribution in [1.29, 1.82) is 0 Å². The Morgan fingerprint density at radius 3 is 2.29 bits per heavy atom. The van der Waals surface area contributed by atoms with E-state index in [0.29, 0.717) is 20.8 Å². The lowest BCUT2D eigenvalue weighted by atomic mass is 10.3. The van der Waals surface area contributed by atoms with Gasteiger partial charge in [-0.05, 0) is 19.4 Å². The van der Waals surface area contributed by atoms with Crippen LogP contribution in [0.3, 0.4) is 0 Å². The smallest absolute Gasteiger partial charge is 0.139 e. The van der Waals surface area contributed by atoms with Gasteiger partial charge in [0.15, 0.2) is 0 Å². The van der Waals surface area contributed by atoms with E-state index in [-0.39, 0.29) is 6.10 Å². The van der Waals surface area contributed by atoms with Gasteiger partial charge in [-0.3, -0.25) is 0 Å². The lowest BCUT2D eigenvalue weighted by Crippen LogP contribution is -2.09. The summed E-state index contributed by atoms with van der Waals surface area (Å²) in [6.45, 7) is 4.01. The van der Waals surface area contributed by atoms with E-state index in [9.17, 15) is 0 Å². The molecule has 1 rings (SSSR count). The van der Waals surface area contributed by atoms with Crippen molar-refractivity contribution in [2.45, 2.75) is 26.4 Å². The van der Waals surface area contributed by atoms with Gasteiger partial charge in [0, 0.05) is 6.07 Å². The Morgan fingerprint density at radius 2 is 1.71 bits per heavy atom. The highest BCUT2D eigenvalue weighted by atomic mass is 35.5. The Bertz CT molecular complexity index is 325. The third-order valence-electron chi connectivity index (χ3n) is 1.88. The molecule has 0 heterocycles. The standard InChI is InChI=1S/C10H11Cl3O/c1-3-6(2)14-10-5-8(12)7(11)4-9(10)13/h4-6H,3H2,1-2H3. The average Bonchev–Trinajstić information content (AvgIpc) is 2.14. The molecule has 0 aliphatic carbocycles. The number of halogens is 3. The molecule has 0 fully saturated rings. The van der Waals surface area contributed by atoms with Gasteiger partial charge in [0.2, 0.25) is 0 Å². The van der Waals surface area contributed by atoms with Crippen LogP contribution in [-0.2, 0) is 0 Å². The van der Waals surface area contributed by atoms with Crippen molar-refractivity contribution in [3.63, 3.8) is 0 Å². The molecule has 78 valence electrons. The van der Waals surface area contributed by atoms with Crippen LogP contribution in [0.1, 0.15) is 20.3 Å². The predicted molar refractivity (Wildman–Crippen MR) is 61.9 cm³/mol. The van der Waals surface area contributed by atoms with Crippen LogP contribution in [0.4, 0.5) is 0 Å². The quantitative estimate of drug-likeness (QED) is 0.702. The van der Waals surface area contributed by atoms with Gasteiger partial charge in [0.05, 0.1) is 21.2 Å². The molecule has 0 amide bonds. The van der Waals surface area contributed by atoms with Gasteiger partial charge in [-0.25, -0.2) is 0 Å². The Hall–Kier alpha value is -0.110. The normalized spacial score (nSPS) is 12.6. The Morgan fingerprint density at radius 1 is 1.14 bits per heavy atom. The fourth-order valence-corrected chi connectivity index (χ4v) is 1.48. The van der Waals surface area contributed by atoms with E-state index in [1.807, 2.05) is 13.8 Å². The summed E-state index contributed by atoms with van der Waals surface area (Å²) in [6.07, 6.45) is 1.03. The molecule has 0 spiro atoms. The molecular formula is C10H11Cl3O. The molecule has 1 aromatic carbocycles. The third kappa shape index (κ3) is 2.94. The summed E-state index contributed by atoms with van der Waals surface area (Å²) in [5, 5.41) is 1.38. The van der Waals surface area contributed by atoms with Crippen LogP contribution in [0.25, 0.3) is 0 Å². The Kier molecular flexibility index (Phi) is 4.36. The van der Waals surface area contributed by atoms with E-state index in [0.717, 1.165) is 6.42 Å². The first-order valence-corrected chi connectivity index (χ1v) is 5.49. The number of hydrogen-bond acceptors (Lipinski definition) is 1. The van der Waals surface area contributed by atoms with Crippen molar-refractivity contribution in [3.8, 4) is 5.75 Å². The molecule has 0 bridgehead atoms. The van der Waals surface area contributed by atoms with Crippen LogP contribution in [0.15, 0.2) is 12.1 Å². The zero-order valence-corrected chi connectivity index (χ0v) is 10.2. The van der Waals surface area contributed by atoms with Crippen molar-refractivity contribution < 1.29 is 4.74 Å². The van der Waals surface area contributed by atoms with E-state index < -0.39 is 0 Å². The lowest BCUT2D eigenvalue weighted by molar-refractivity contribution is 0.217. The van der Waals surface area contributed by atoms with Crippen molar-refractivity contribution in [3.05, 3.63) is 27.2 Å². The summed E-state index contributed by atoms with van der Waals surface area (Å²) < 4.78 is 5.56. The second-order valence-corrected chi connectivity index (χ2v) is 4.26. The number of ether oxygens (including phenoxy) is 1. The fraction of sp³-hybridized carbons (Fsp3) is 0.400. The Labute approximate surface area is 98.9 Å². The zero-order chi connectivity index (χ0) is 10.7. The zero-order valence-electron chi connectivity index (χ0n) is 7.98. The maximum Gasteiger partial charge on any atom is 0.139 e. The van der Waals surface area contributed by atoms with Gasteiger partial charge in [-0.1, -0.05) is 41.7 Å². The highest BCUT2D eigenvalue weighted by Gasteiger charge is 2.09. The molecule has 1 atom stereocenters. The van der Waals surface area contributed by atoms with Crippen LogP contribution in [0.5, 0.6) is 5.75 Å². The van der Waals surface area contributed by atoms with Crippen molar-refractivity contribution in [1.82, 2.24) is 0 Å². The number of rotatable bonds is 3. The molecule has 0 saturated heterocycles. The second kappa shape index (κ2) is 5.11. The summed E-state index contributed by atoms with van der Waals surface area (Å²) in [4.78, 5) is 0. The molecule has 1 nitrogen and oxygen atoms in total. The van der Waals surface area contributed by atoms with Crippen LogP contribution < -0.4 is 4.74 Å². The fourth-order valence-electron chi connectivity index (χ4n) is 0.895. The van der Waals surface area contributed by atoms with Gasteiger partial charge < -0.3 is 4.74 Å². The molecule has 0 aromatic heterocycles. The summed E-state index contributed by atoms with van der Waals surface area (Å²) >= 11 is 17.6. The maximum atomic E-state index is 5.93. The minimum Gasteiger partial charge on any atom is -0.489 e. The highest BCUT2D eigenvalue weighted by molar-refractivity contribution is 6.43. The topological polar surface area (TPSA) is 9.23 Å². The summed E-state index contributed by atoms with van der Waals surface area (Å²) in [7, 11) is 0. The number of hydrogen-bond donors (Lipinski definition) is 0. The van der Waals surface area contributed by atoms with Crippen molar-refractivity contribution in [2.24, 2.45) is 0 Å². The first-order valence-electron chi connectivity index (χ1n) is 4.35. The van der Waals surface area contributed by atoms with E-state index in [2.05, 4.69) is 0 Å². The third-order valence-corrected chi connectivity index (χ3v) is 2.90. The summed E-state index contributed by atoms with van der Waals surface area (Å²) in [5.41, 5.74) is 0. The van der Waals surface area contributed by atoms with Crippen LogP contribution in [-0.4, -0.2) is 6.10 Å². The van der Waals surface area contributed by atoms with Crippen LogP contribution >= 0.6 is 34.8 Å². The van der Waals surface area contributed by atoms with Gasteiger partial charge >= 0.3 is 0 Å². The second-order valence-electron chi connectivity index (χ2n) is 3.03. The van der Waals surface area contributed by atoms with Crippen LogP contribution in [0.2, 0.25) is 15.1 Å². The van der Waals surface area contributed by atoms with E-state index in [1.165, 1.54) is 0 Å². The molecular weight excluding hydrogens is 242 g/mol. The Balaban J connectivity index is 2.92. The van der Waals surface area contributed by atoms with Gasteiger partial charge in [0.1, 0.15) is 5.75 Å². The molecule has 0 radical (unpaired) electrons. The number of benzene rings is 1.